The lowest BCUT2D eigenvalue weighted by molar-refractivity contribution is -0.121. The third-order valence-corrected chi connectivity index (χ3v) is 4.12. The fraction of sp³-hybridized carbons (Fsp3) is 0.222. The van der Waals surface area contributed by atoms with Gasteiger partial charge in [0.15, 0.2) is 10.6 Å². The number of aromatic amines is 1. The van der Waals surface area contributed by atoms with Crippen molar-refractivity contribution in [2.24, 2.45) is 0 Å². The molecule has 128 valence electrons. The number of pyridine rings is 1. The molecule has 7 heteroatoms. The molecule has 0 saturated carbocycles. The number of carbonyl (C=O) groups excluding carboxylic acids is 1. The van der Waals surface area contributed by atoms with Gasteiger partial charge in [0.25, 0.3) is 0 Å². The minimum Gasteiger partial charge on any atom is -0.352 e. The highest BCUT2D eigenvalue weighted by atomic mass is 32.1. The number of nitrogens with zero attached hydrogens (tertiary/aromatic N) is 3. The highest BCUT2D eigenvalue weighted by molar-refractivity contribution is 7.71. The number of carbonyl (C=O) groups is 1. The van der Waals surface area contributed by atoms with Crippen LogP contribution in [0.1, 0.15) is 17.5 Å². The summed E-state index contributed by atoms with van der Waals surface area (Å²) in [7, 11) is 0. The minimum atomic E-state index is -0.0397. The van der Waals surface area contributed by atoms with Gasteiger partial charge in [-0.05, 0) is 36.8 Å². The van der Waals surface area contributed by atoms with E-state index in [4.69, 9.17) is 12.2 Å². The van der Waals surface area contributed by atoms with Crippen LogP contribution in [0.25, 0.3) is 11.4 Å². The Hall–Kier alpha value is -2.80. The maximum atomic E-state index is 12.1. The van der Waals surface area contributed by atoms with Crippen molar-refractivity contribution in [3.8, 4) is 11.4 Å². The fourth-order valence-corrected chi connectivity index (χ4v) is 2.76. The third kappa shape index (κ3) is 4.39. The Morgan fingerprint density at radius 2 is 2.20 bits per heavy atom. The number of aromatic nitrogens is 4. The van der Waals surface area contributed by atoms with Crippen molar-refractivity contribution in [1.29, 1.82) is 0 Å². The van der Waals surface area contributed by atoms with E-state index in [9.17, 15) is 4.79 Å². The van der Waals surface area contributed by atoms with Crippen molar-refractivity contribution >= 4 is 18.1 Å². The zero-order chi connectivity index (χ0) is 17.6. The zero-order valence-electron chi connectivity index (χ0n) is 13.9. The topological polar surface area (TPSA) is 75.6 Å². The van der Waals surface area contributed by atoms with E-state index in [-0.39, 0.29) is 5.91 Å². The monoisotopic (exact) mass is 353 g/mol. The minimum absolute atomic E-state index is 0.0397. The molecule has 1 amide bonds. The lowest BCUT2D eigenvalue weighted by Crippen LogP contribution is -2.24. The lowest BCUT2D eigenvalue weighted by Gasteiger charge is -2.08. The number of hydrogen-bond acceptors (Lipinski definition) is 4. The van der Waals surface area contributed by atoms with Gasteiger partial charge in [-0.1, -0.05) is 29.8 Å². The summed E-state index contributed by atoms with van der Waals surface area (Å²) in [5.41, 5.74) is 3.09. The number of aryl methyl sites for hydroxylation is 1. The van der Waals surface area contributed by atoms with E-state index in [0.717, 1.165) is 22.5 Å². The molecule has 2 aromatic heterocycles. The van der Waals surface area contributed by atoms with E-state index >= 15 is 0 Å². The van der Waals surface area contributed by atoms with Gasteiger partial charge in [-0.25, -0.2) is 0 Å². The van der Waals surface area contributed by atoms with Gasteiger partial charge in [-0.2, -0.15) is 5.10 Å². The normalized spacial score (nSPS) is 10.6. The average molecular weight is 353 g/mol. The van der Waals surface area contributed by atoms with Crippen LogP contribution in [0, 0.1) is 11.7 Å². The molecule has 0 unspecified atom stereocenters. The van der Waals surface area contributed by atoms with Crippen LogP contribution in [0.2, 0.25) is 0 Å². The number of nitrogens with one attached hydrogen (secondary N) is 2. The molecular formula is C18H19N5OS. The average Bonchev–Trinajstić information content (AvgIpc) is 3.00. The van der Waals surface area contributed by atoms with E-state index in [1.165, 1.54) is 0 Å². The second-order valence-electron chi connectivity index (χ2n) is 5.76. The van der Waals surface area contributed by atoms with Gasteiger partial charge in [0.2, 0.25) is 5.91 Å². The molecule has 0 aliphatic carbocycles. The molecule has 2 N–H and O–H groups in total. The van der Waals surface area contributed by atoms with Gasteiger partial charge < -0.3 is 5.32 Å². The first kappa shape index (κ1) is 17.0. The summed E-state index contributed by atoms with van der Waals surface area (Å²) in [4.78, 5) is 16.1. The Labute approximate surface area is 150 Å². The number of amides is 1. The first-order valence-corrected chi connectivity index (χ1v) is 8.42. The summed E-state index contributed by atoms with van der Waals surface area (Å²) in [6.45, 7) is 2.96. The van der Waals surface area contributed by atoms with Crippen LogP contribution < -0.4 is 5.32 Å². The maximum Gasteiger partial charge on any atom is 0.222 e. The summed E-state index contributed by atoms with van der Waals surface area (Å²) < 4.78 is 2.37. The van der Waals surface area contributed by atoms with E-state index in [2.05, 4.69) is 20.5 Å². The van der Waals surface area contributed by atoms with Crippen molar-refractivity contribution in [1.82, 2.24) is 25.1 Å². The van der Waals surface area contributed by atoms with Crippen molar-refractivity contribution in [3.63, 3.8) is 0 Å². The molecule has 0 radical (unpaired) electrons. The van der Waals surface area contributed by atoms with E-state index in [0.29, 0.717) is 24.3 Å². The third-order valence-electron chi connectivity index (χ3n) is 3.81. The van der Waals surface area contributed by atoms with Gasteiger partial charge in [-0.15, -0.1) is 0 Å². The quantitative estimate of drug-likeness (QED) is 0.668. The molecule has 3 aromatic rings. The SMILES string of the molecule is Cc1cccc(-c2n[nH]c(=S)n2CCC(=O)NCc2cccnc2)c1. The molecule has 3 rings (SSSR count). The van der Waals surface area contributed by atoms with Crippen LogP contribution in [0.4, 0.5) is 0 Å². The van der Waals surface area contributed by atoms with Gasteiger partial charge in [0.05, 0.1) is 0 Å². The van der Waals surface area contributed by atoms with Crippen molar-refractivity contribution in [2.45, 2.75) is 26.4 Å². The van der Waals surface area contributed by atoms with Crippen LogP contribution in [0.5, 0.6) is 0 Å². The molecule has 0 atom stereocenters. The molecule has 0 saturated heterocycles. The predicted octanol–water partition coefficient (Wildman–Crippen LogP) is 3.02. The van der Waals surface area contributed by atoms with Gasteiger partial charge >= 0.3 is 0 Å². The molecule has 25 heavy (non-hydrogen) atoms. The predicted molar refractivity (Wildman–Crippen MR) is 98.3 cm³/mol. The van der Waals surface area contributed by atoms with Gasteiger partial charge in [0, 0.05) is 37.5 Å². The summed E-state index contributed by atoms with van der Waals surface area (Å²) in [5, 5.41) is 10.0. The van der Waals surface area contributed by atoms with Crippen LogP contribution in [-0.4, -0.2) is 25.7 Å². The molecule has 0 aliphatic rings. The number of rotatable bonds is 6. The van der Waals surface area contributed by atoms with Gasteiger partial charge in [-0.3, -0.25) is 19.4 Å². The molecule has 0 spiro atoms. The summed E-state index contributed by atoms with van der Waals surface area (Å²) in [6, 6.07) is 11.8. The largest absolute Gasteiger partial charge is 0.352 e. The van der Waals surface area contributed by atoms with Crippen LogP contribution in [-0.2, 0) is 17.9 Å². The summed E-state index contributed by atoms with van der Waals surface area (Å²) in [6.07, 6.45) is 3.77. The molecule has 6 nitrogen and oxygen atoms in total. The number of hydrogen-bond donors (Lipinski definition) is 2. The highest BCUT2D eigenvalue weighted by Gasteiger charge is 2.10. The standard InChI is InChI=1S/C18H19N5OS/c1-13-4-2-6-15(10-13)17-21-22-18(25)23(17)9-7-16(24)20-12-14-5-3-8-19-11-14/h2-6,8,10-11H,7,9,12H2,1H3,(H,20,24)(H,22,25). The summed E-state index contributed by atoms with van der Waals surface area (Å²) >= 11 is 5.30. The van der Waals surface area contributed by atoms with Crippen molar-refractivity contribution in [2.75, 3.05) is 0 Å². The smallest absolute Gasteiger partial charge is 0.222 e. The Balaban J connectivity index is 1.64. The zero-order valence-corrected chi connectivity index (χ0v) is 14.7. The molecular weight excluding hydrogens is 334 g/mol. The number of H-pyrrole nitrogens is 1. The van der Waals surface area contributed by atoms with E-state index in [1.807, 2.05) is 47.9 Å². The van der Waals surface area contributed by atoms with Crippen LogP contribution in [0.3, 0.4) is 0 Å². The second kappa shape index (κ2) is 7.85. The van der Waals surface area contributed by atoms with Crippen molar-refractivity contribution < 1.29 is 4.79 Å². The van der Waals surface area contributed by atoms with Gasteiger partial charge in [0.1, 0.15) is 0 Å². The Morgan fingerprint density at radius 3 is 2.96 bits per heavy atom. The molecule has 1 aromatic carbocycles. The molecule has 0 fully saturated rings. The first-order chi connectivity index (χ1) is 12.1. The van der Waals surface area contributed by atoms with E-state index < -0.39 is 0 Å². The number of benzene rings is 1. The Morgan fingerprint density at radius 1 is 1.32 bits per heavy atom. The molecule has 0 aliphatic heterocycles. The molecule has 2 heterocycles. The van der Waals surface area contributed by atoms with Crippen molar-refractivity contribution in [3.05, 3.63) is 64.7 Å². The highest BCUT2D eigenvalue weighted by Crippen LogP contribution is 2.18. The fourth-order valence-electron chi connectivity index (χ4n) is 2.53. The Bertz CT molecular complexity index is 916. The van der Waals surface area contributed by atoms with Crippen LogP contribution in [0.15, 0.2) is 48.8 Å². The van der Waals surface area contributed by atoms with E-state index in [1.54, 1.807) is 12.4 Å². The summed E-state index contributed by atoms with van der Waals surface area (Å²) in [5.74, 6) is 0.705. The lowest BCUT2D eigenvalue weighted by atomic mass is 10.1. The van der Waals surface area contributed by atoms with Crippen LogP contribution >= 0.6 is 12.2 Å². The maximum absolute atomic E-state index is 12.1. The molecule has 0 bridgehead atoms. The Kier molecular flexibility index (Phi) is 5.35. The second-order valence-corrected chi connectivity index (χ2v) is 6.15. The first-order valence-electron chi connectivity index (χ1n) is 8.01.